The van der Waals surface area contributed by atoms with Crippen LogP contribution in [0.25, 0.3) is 0 Å². The molecule has 0 saturated carbocycles. The Morgan fingerprint density at radius 2 is 0.800 bits per heavy atom. The van der Waals surface area contributed by atoms with Gasteiger partial charge in [0, 0.05) is 106 Å². The maximum absolute atomic E-state index is 13.9. The summed E-state index contributed by atoms with van der Waals surface area (Å²) in [5.74, 6) is 2.74. The Morgan fingerprint density at radius 1 is 0.427 bits per heavy atom. The van der Waals surface area contributed by atoms with Gasteiger partial charge in [0.1, 0.15) is 25.6 Å². The van der Waals surface area contributed by atoms with Crippen molar-refractivity contribution in [3.05, 3.63) is 291 Å². The van der Waals surface area contributed by atoms with E-state index in [1.807, 2.05) is 125 Å². The summed E-state index contributed by atoms with van der Waals surface area (Å²) in [5.41, 5.74) is 17.2. The molecule has 0 unspecified atom stereocenters. The highest BCUT2D eigenvalue weighted by molar-refractivity contribution is 6.17. The SMILES string of the molecule is COc1cc2c(cc1O)CC[C@@H]1Cc3ccccc3N1C2=O.COc1cc2c(cc1OCc1cc(CCl)cc([N+](=O)[O-])c1)CC[C@@H]1Cc3ccccc3N1C2=O.COc1cc2c(cc1OCc1cc(COc3cc4c(cc3C)C(=O)N3c5ccccc5C[C@H]3C=N4)cc([N+](=O)[O-])c1)CC[C@@H]1Cc3ccccc3N1C2=O. The minimum atomic E-state index is -0.446. The number of phenolic OH excluding ortho intramolecular Hbond substituents is 1. The molecule has 0 saturated heterocycles. The van der Waals surface area contributed by atoms with E-state index in [4.69, 9.17) is 45.0 Å². The highest BCUT2D eigenvalue weighted by Crippen LogP contribution is 2.46. The zero-order valence-corrected chi connectivity index (χ0v) is 61.5. The molecule has 1 N–H and O–H groups in total. The van der Waals surface area contributed by atoms with Gasteiger partial charge in [0.15, 0.2) is 34.5 Å². The van der Waals surface area contributed by atoms with E-state index in [2.05, 4.69) is 18.2 Å². The number of para-hydroxylation sites is 4. The number of ether oxygens (including phenoxy) is 6. The third kappa shape index (κ3) is 13.6. The normalized spacial score (nSPS) is 17.6. The van der Waals surface area contributed by atoms with Crippen molar-refractivity contribution in [3.8, 4) is 40.2 Å². The molecule has 0 aromatic heterocycles. The summed E-state index contributed by atoms with van der Waals surface area (Å²) in [7, 11) is 4.56. The van der Waals surface area contributed by atoms with Crippen LogP contribution in [-0.2, 0) is 70.6 Å². The van der Waals surface area contributed by atoms with E-state index in [1.54, 1.807) is 47.4 Å². The molecule has 0 spiro atoms. The Hall–Kier alpha value is -12.6. The number of carbonyl (C=O) groups excluding carboxylic acids is 4. The standard InChI is InChI=1S/C43H36N4O7.C26H23ClN2O5.C18H17NO3/c1-25-13-35-36(44-22-33-18-30-8-4-6-10-38(30)46(33)43(35)49)21-39(25)53-23-26-14-27(16-32(15-26)47(50)51)24-54-41-19-28-11-12-31-17-29-7-3-5-9-37(29)45(31)42(48)34(28)20-40(41)52-2;1-33-24-13-22-18(6-7-20-11-19-4-2-3-5-23(19)28(20)26(22)30)12-25(24)34-15-17-8-16(14-27)9-21(10-17)29(31)32;1-22-17-10-14-11(9-16(17)20)6-7-13-8-12-4-2-3-5-15(12)19(13)18(14)21/h3-10,13-16,19-22,31,33H,11-12,17-18,23-24H2,1-2H3;2-5,8-10,12-13,20H,6-7,11,14-15H2,1H3;2-5,9-10,13,20H,6-8H2,1H3/t31-,33+;20-;13-/m111/s1. The molecule has 4 amide bonds. The molecule has 110 heavy (non-hydrogen) atoms. The quantitative estimate of drug-likeness (QED) is 0.0569. The number of hydrogen-bond acceptors (Lipinski definition) is 16. The van der Waals surface area contributed by atoms with Gasteiger partial charge in [-0.2, -0.15) is 0 Å². The lowest BCUT2D eigenvalue weighted by Crippen LogP contribution is -2.37. The van der Waals surface area contributed by atoms with Crippen LogP contribution in [0.1, 0.15) is 127 Å². The number of rotatable bonds is 15. The minimum Gasteiger partial charge on any atom is -0.504 e. The highest BCUT2D eigenvalue weighted by atomic mass is 35.5. The Kier molecular flexibility index (Phi) is 19.5. The molecule has 8 aliphatic heterocycles. The van der Waals surface area contributed by atoms with Crippen LogP contribution in [0.2, 0.25) is 0 Å². The van der Waals surface area contributed by atoms with Crippen LogP contribution in [-0.4, -0.2) is 90.3 Å². The van der Waals surface area contributed by atoms with Gasteiger partial charge >= 0.3 is 0 Å². The Bertz CT molecular complexity index is 5470. The van der Waals surface area contributed by atoms with Gasteiger partial charge in [-0.15, -0.1) is 11.6 Å². The first-order valence-electron chi connectivity index (χ1n) is 36.6. The monoisotopic (exact) mass is 1490 g/mol. The summed E-state index contributed by atoms with van der Waals surface area (Å²) in [4.78, 5) is 88.8. The highest BCUT2D eigenvalue weighted by Gasteiger charge is 2.42. The minimum absolute atomic E-state index is 0.000694. The third-order valence-corrected chi connectivity index (χ3v) is 22.3. The number of nitro benzene ring substituents is 2. The Balaban J connectivity index is 0.000000139. The number of hydrogen-bond donors (Lipinski definition) is 1. The molecule has 0 aliphatic carbocycles. The number of aliphatic imine (C=N–C) groups is 1. The molecule has 23 heteroatoms. The lowest BCUT2D eigenvalue weighted by molar-refractivity contribution is -0.385. The number of aryl methyl sites for hydroxylation is 4. The first-order valence-corrected chi connectivity index (χ1v) is 37.1. The maximum atomic E-state index is 13.9. The molecule has 8 aliphatic rings. The van der Waals surface area contributed by atoms with Gasteiger partial charge < -0.3 is 48.2 Å². The second-order valence-electron chi connectivity index (χ2n) is 28.6. The fourth-order valence-corrected chi connectivity index (χ4v) is 16.9. The summed E-state index contributed by atoms with van der Waals surface area (Å²) in [6.07, 6.45) is 9.88. The second-order valence-corrected chi connectivity index (χ2v) is 28.9. The van der Waals surface area contributed by atoms with Gasteiger partial charge in [-0.25, -0.2) is 0 Å². The predicted octanol–water partition coefficient (Wildman–Crippen LogP) is 16.2. The molecule has 4 atom stereocenters. The van der Waals surface area contributed by atoms with Crippen molar-refractivity contribution in [2.75, 3.05) is 40.9 Å². The number of nitrogens with zero attached hydrogens (tertiary/aromatic N) is 7. The molecule has 18 rings (SSSR count). The van der Waals surface area contributed by atoms with Crippen molar-refractivity contribution in [2.24, 2.45) is 4.99 Å². The van der Waals surface area contributed by atoms with Gasteiger partial charge in [0.25, 0.3) is 35.0 Å². The van der Waals surface area contributed by atoms with Crippen molar-refractivity contribution in [2.45, 2.75) is 121 Å². The lowest BCUT2D eigenvalue weighted by atomic mass is 9.99. The number of nitro groups is 2. The smallest absolute Gasteiger partial charge is 0.270 e. The lowest BCUT2D eigenvalue weighted by Gasteiger charge is -2.23. The van der Waals surface area contributed by atoms with Crippen LogP contribution in [0.15, 0.2) is 187 Å². The molecule has 10 aromatic carbocycles. The number of amides is 4. The third-order valence-electron chi connectivity index (χ3n) is 22.0. The van der Waals surface area contributed by atoms with Crippen molar-refractivity contribution in [1.82, 2.24) is 0 Å². The largest absolute Gasteiger partial charge is 0.504 e. The summed E-state index contributed by atoms with van der Waals surface area (Å²) >= 11 is 5.90. The van der Waals surface area contributed by atoms with E-state index in [1.165, 1.54) is 62.3 Å². The van der Waals surface area contributed by atoms with Crippen LogP contribution < -0.4 is 48.0 Å². The molecular formula is C87H76ClN7O15. The van der Waals surface area contributed by atoms with Crippen LogP contribution in [0.3, 0.4) is 0 Å². The van der Waals surface area contributed by atoms with E-state index in [-0.39, 0.29) is 90.6 Å². The van der Waals surface area contributed by atoms with E-state index in [0.717, 1.165) is 102 Å². The molecule has 0 radical (unpaired) electrons. The predicted molar refractivity (Wildman–Crippen MR) is 417 cm³/mol. The molecular weight excluding hydrogens is 1420 g/mol. The van der Waals surface area contributed by atoms with Gasteiger partial charge in [-0.05, 0) is 204 Å². The van der Waals surface area contributed by atoms with Crippen molar-refractivity contribution < 1.29 is 62.6 Å². The molecule has 10 aromatic rings. The topological polar surface area (TPSA) is 255 Å². The molecule has 0 fully saturated rings. The molecule has 22 nitrogen and oxygen atoms in total. The van der Waals surface area contributed by atoms with Crippen LogP contribution in [0.5, 0.6) is 40.2 Å². The average molecular weight is 1500 g/mol. The van der Waals surface area contributed by atoms with Crippen molar-refractivity contribution in [1.29, 1.82) is 0 Å². The number of aromatic hydroxyl groups is 1. The summed E-state index contributed by atoms with van der Waals surface area (Å²) < 4.78 is 34.9. The van der Waals surface area contributed by atoms with E-state index in [9.17, 15) is 44.5 Å². The van der Waals surface area contributed by atoms with Gasteiger partial charge in [-0.1, -0.05) is 78.9 Å². The van der Waals surface area contributed by atoms with Gasteiger partial charge in [0.05, 0.1) is 48.5 Å². The number of carbonyl (C=O) groups is 4. The number of anilines is 4. The Labute approximate surface area is 638 Å². The summed E-state index contributed by atoms with van der Waals surface area (Å²) in [5, 5.41) is 33.2. The van der Waals surface area contributed by atoms with Gasteiger partial charge in [-0.3, -0.25) is 49.3 Å². The number of benzene rings is 10. The van der Waals surface area contributed by atoms with Gasteiger partial charge in [0.2, 0.25) is 0 Å². The summed E-state index contributed by atoms with van der Waals surface area (Å²) in [6.45, 7) is 2.04. The number of fused-ring (bicyclic) bond motifs is 16. The first kappa shape index (κ1) is 71.7. The zero-order valence-electron chi connectivity index (χ0n) is 60.8. The fourth-order valence-electron chi connectivity index (χ4n) is 16.7. The average Bonchev–Trinajstić information content (AvgIpc) is 1.62. The number of phenols is 1. The summed E-state index contributed by atoms with van der Waals surface area (Å²) in [6, 6.07) is 55.9. The zero-order chi connectivity index (χ0) is 76.2. The van der Waals surface area contributed by atoms with Crippen molar-refractivity contribution >= 4 is 81.3 Å². The fraction of sp³-hybridized carbons (Fsp3) is 0.253. The molecule has 8 heterocycles. The molecule has 0 bridgehead atoms. The van der Waals surface area contributed by atoms with E-state index in [0.29, 0.717) is 97.5 Å². The van der Waals surface area contributed by atoms with Crippen LogP contribution >= 0.6 is 11.6 Å². The maximum Gasteiger partial charge on any atom is 0.270 e. The van der Waals surface area contributed by atoms with E-state index < -0.39 is 9.85 Å². The number of halogens is 1. The number of alkyl halides is 1. The van der Waals surface area contributed by atoms with Crippen LogP contribution in [0, 0.1) is 27.2 Å². The van der Waals surface area contributed by atoms with E-state index >= 15 is 0 Å². The number of methoxy groups -OCH3 is 3. The molecule has 556 valence electrons. The number of non-ortho nitro benzene ring substituents is 2. The first-order chi connectivity index (χ1) is 53.4. The van der Waals surface area contributed by atoms with Crippen LogP contribution in [0.4, 0.5) is 39.8 Å². The Morgan fingerprint density at radius 3 is 1.23 bits per heavy atom. The second kappa shape index (κ2) is 29.9. The van der Waals surface area contributed by atoms with Crippen molar-refractivity contribution in [3.63, 3.8) is 0 Å².